The van der Waals surface area contributed by atoms with E-state index < -0.39 is 5.97 Å². The maximum absolute atomic E-state index is 11.5. The second kappa shape index (κ2) is 3.07. The van der Waals surface area contributed by atoms with Gasteiger partial charge in [-0.25, -0.2) is 4.79 Å². The molecule has 1 amide bonds. The summed E-state index contributed by atoms with van der Waals surface area (Å²) in [5.74, 6) is -0.444. The van der Waals surface area contributed by atoms with Crippen molar-refractivity contribution in [3.05, 3.63) is 12.2 Å². The van der Waals surface area contributed by atoms with Gasteiger partial charge in [-0.1, -0.05) is 6.58 Å². The first-order chi connectivity index (χ1) is 7.58. The van der Waals surface area contributed by atoms with Gasteiger partial charge < -0.3 is 14.8 Å². The van der Waals surface area contributed by atoms with E-state index in [0.717, 1.165) is 0 Å². The number of nitrogens with one attached hydrogen (secondary N) is 1. The lowest BCUT2D eigenvalue weighted by atomic mass is 9.88. The van der Waals surface area contributed by atoms with Crippen molar-refractivity contribution < 1.29 is 19.1 Å². The number of carbonyl (C=O) groups is 2. The fraction of sp³-hybridized carbons (Fsp3) is 0.636. The summed E-state index contributed by atoms with van der Waals surface area (Å²) in [5, 5.41) is 2.83. The minimum atomic E-state index is -0.418. The first-order valence-corrected chi connectivity index (χ1v) is 5.40. The number of hydrogen-bond acceptors (Lipinski definition) is 4. The number of rotatable bonds is 2. The molecule has 5 nitrogen and oxygen atoms in total. The third-order valence-corrected chi connectivity index (χ3v) is 3.53. The normalized spacial score (nSPS) is 43.3. The minimum Gasteiger partial charge on any atom is -0.454 e. The molecule has 0 aliphatic carbocycles. The van der Waals surface area contributed by atoms with Crippen molar-refractivity contribution in [3.63, 3.8) is 0 Å². The Balaban J connectivity index is 1.77. The molecular weight excluding hydrogens is 210 g/mol. The Kier molecular flexibility index (Phi) is 1.89. The van der Waals surface area contributed by atoms with E-state index in [1.54, 1.807) is 6.92 Å². The highest BCUT2D eigenvalue weighted by Crippen LogP contribution is 2.44. The zero-order valence-electron chi connectivity index (χ0n) is 8.93. The molecule has 5 unspecified atom stereocenters. The third kappa shape index (κ3) is 1.15. The third-order valence-electron chi connectivity index (χ3n) is 3.53. The summed E-state index contributed by atoms with van der Waals surface area (Å²) in [6.07, 6.45) is 0.0563. The number of esters is 1. The summed E-state index contributed by atoms with van der Waals surface area (Å²) < 4.78 is 10.9. The Bertz CT molecular complexity index is 391. The van der Waals surface area contributed by atoms with Gasteiger partial charge in [0, 0.05) is 5.57 Å². The van der Waals surface area contributed by atoms with Crippen LogP contribution in [0.5, 0.6) is 0 Å². The fourth-order valence-corrected chi connectivity index (χ4v) is 2.77. The van der Waals surface area contributed by atoms with E-state index in [2.05, 4.69) is 11.9 Å². The molecule has 3 fully saturated rings. The SMILES string of the molecule is C=C(C)C(=O)OC1C2CC3C(=O)NC1C3O2. The Morgan fingerprint density at radius 2 is 2.38 bits per heavy atom. The molecule has 0 aromatic rings. The Morgan fingerprint density at radius 1 is 1.62 bits per heavy atom. The molecule has 2 bridgehead atoms. The van der Waals surface area contributed by atoms with Gasteiger partial charge >= 0.3 is 5.97 Å². The molecule has 0 saturated carbocycles. The van der Waals surface area contributed by atoms with Gasteiger partial charge in [-0.2, -0.15) is 0 Å². The number of ether oxygens (including phenoxy) is 2. The van der Waals surface area contributed by atoms with E-state index in [4.69, 9.17) is 9.47 Å². The molecule has 3 aliphatic rings. The molecule has 5 heteroatoms. The van der Waals surface area contributed by atoms with Crippen molar-refractivity contribution in [3.8, 4) is 0 Å². The van der Waals surface area contributed by atoms with Crippen LogP contribution in [0.3, 0.4) is 0 Å². The van der Waals surface area contributed by atoms with Crippen molar-refractivity contribution in [2.75, 3.05) is 0 Å². The first kappa shape index (κ1) is 9.84. The van der Waals surface area contributed by atoms with Crippen molar-refractivity contribution in [1.82, 2.24) is 5.32 Å². The zero-order valence-corrected chi connectivity index (χ0v) is 8.93. The Morgan fingerprint density at radius 3 is 3.06 bits per heavy atom. The largest absolute Gasteiger partial charge is 0.454 e. The number of carbonyl (C=O) groups excluding carboxylic acids is 2. The summed E-state index contributed by atoms with van der Waals surface area (Å²) in [4.78, 5) is 23.0. The minimum absolute atomic E-state index is 0.0198. The van der Waals surface area contributed by atoms with Gasteiger partial charge in [0.15, 0.2) is 6.10 Å². The molecule has 0 aromatic heterocycles. The first-order valence-electron chi connectivity index (χ1n) is 5.40. The lowest BCUT2D eigenvalue weighted by molar-refractivity contribution is -0.147. The van der Waals surface area contributed by atoms with Gasteiger partial charge in [0.05, 0.1) is 24.2 Å². The summed E-state index contributed by atoms with van der Waals surface area (Å²) in [5.41, 5.74) is 0.364. The van der Waals surface area contributed by atoms with Crippen LogP contribution in [0, 0.1) is 5.92 Å². The maximum atomic E-state index is 11.5. The molecule has 86 valence electrons. The van der Waals surface area contributed by atoms with Crippen LogP contribution < -0.4 is 5.32 Å². The Labute approximate surface area is 92.8 Å². The summed E-state index contributed by atoms with van der Waals surface area (Å²) in [6, 6.07) is -0.167. The van der Waals surface area contributed by atoms with Crippen LogP contribution in [0.1, 0.15) is 13.3 Å². The van der Waals surface area contributed by atoms with Crippen molar-refractivity contribution in [2.24, 2.45) is 5.92 Å². The molecular formula is C11H13NO4. The highest BCUT2D eigenvalue weighted by atomic mass is 16.6. The molecule has 3 aliphatic heterocycles. The molecule has 1 N–H and O–H groups in total. The molecule has 0 aromatic carbocycles. The van der Waals surface area contributed by atoms with Crippen LogP contribution >= 0.6 is 0 Å². The van der Waals surface area contributed by atoms with Crippen LogP contribution in [0.2, 0.25) is 0 Å². The van der Waals surface area contributed by atoms with Crippen molar-refractivity contribution in [2.45, 2.75) is 37.7 Å². The van der Waals surface area contributed by atoms with Crippen LogP contribution in [0.25, 0.3) is 0 Å². The molecule has 3 rings (SSSR count). The average Bonchev–Trinajstić information content (AvgIpc) is 2.81. The molecule has 0 radical (unpaired) electrons. The second-order valence-corrected chi connectivity index (χ2v) is 4.67. The van der Waals surface area contributed by atoms with Crippen LogP contribution in [-0.2, 0) is 19.1 Å². The monoisotopic (exact) mass is 223 g/mol. The van der Waals surface area contributed by atoms with Gasteiger partial charge in [0.2, 0.25) is 5.91 Å². The van der Waals surface area contributed by atoms with Gasteiger partial charge in [-0.15, -0.1) is 0 Å². The highest BCUT2D eigenvalue weighted by Gasteiger charge is 2.62. The van der Waals surface area contributed by atoms with Gasteiger partial charge in [0.1, 0.15) is 0 Å². The predicted molar refractivity (Wildman–Crippen MR) is 53.4 cm³/mol. The van der Waals surface area contributed by atoms with Crippen LogP contribution in [-0.4, -0.2) is 36.2 Å². The number of fused-ring (bicyclic) bond motifs is 1. The van der Waals surface area contributed by atoms with Crippen molar-refractivity contribution >= 4 is 11.9 Å². The molecule has 3 saturated heterocycles. The lowest BCUT2D eigenvalue weighted by Gasteiger charge is -2.23. The summed E-state index contributed by atoms with van der Waals surface area (Å²) in [7, 11) is 0. The van der Waals surface area contributed by atoms with E-state index >= 15 is 0 Å². The van der Waals surface area contributed by atoms with Gasteiger partial charge in [-0.05, 0) is 13.3 Å². The van der Waals surface area contributed by atoms with E-state index in [1.165, 1.54) is 0 Å². The van der Waals surface area contributed by atoms with Crippen LogP contribution in [0.15, 0.2) is 12.2 Å². The zero-order chi connectivity index (χ0) is 11.4. The quantitative estimate of drug-likeness (QED) is 0.518. The second-order valence-electron chi connectivity index (χ2n) is 4.67. The highest BCUT2D eigenvalue weighted by molar-refractivity contribution is 5.88. The maximum Gasteiger partial charge on any atom is 0.333 e. The standard InChI is InChI=1S/C11H13NO4/c1-4(2)11(14)16-9-6-3-5-8(15-6)7(9)12-10(5)13/h5-9H,1,3H2,2H3,(H,12,13). The van der Waals surface area contributed by atoms with Gasteiger partial charge in [0.25, 0.3) is 0 Å². The van der Waals surface area contributed by atoms with E-state index in [-0.39, 0.29) is 36.2 Å². The van der Waals surface area contributed by atoms with Crippen LogP contribution in [0.4, 0.5) is 0 Å². The molecule has 3 heterocycles. The predicted octanol–water partition coefficient (Wildman–Crippen LogP) is -0.240. The van der Waals surface area contributed by atoms with E-state index in [1.807, 2.05) is 0 Å². The molecule has 5 atom stereocenters. The topological polar surface area (TPSA) is 64.6 Å². The Hall–Kier alpha value is -1.36. The van der Waals surface area contributed by atoms with E-state index in [0.29, 0.717) is 12.0 Å². The average molecular weight is 223 g/mol. The summed E-state index contributed by atoms with van der Waals surface area (Å²) in [6.45, 7) is 5.14. The fourth-order valence-electron chi connectivity index (χ4n) is 2.77. The van der Waals surface area contributed by atoms with Gasteiger partial charge in [-0.3, -0.25) is 4.79 Å². The smallest absolute Gasteiger partial charge is 0.333 e. The van der Waals surface area contributed by atoms with Crippen molar-refractivity contribution in [1.29, 1.82) is 0 Å². The summed E-state index contributed by atoms with van der Waals surface area (Å²) >= 11 is 0. The van der Waals surface area contributed by atoms with E-state index in [9.17, 15) is 9.59 Å². The molecule has 16 heavy (non-hydrogen) atoms. The lowest BCUT2D eigenvalue weighted by Crippen LogP contribution is -2.44. The number of hydrogen-bond donors (Lipinski definition) is 1. The molecule has 0 spiro atoms. The number of amides is 1.